The van der Waals surface area contributed by atoms with Crippen LogP contribution in [0, 0.1) is 10.1 Å². The van der Waals surface area contributed by atoms with Crippen molar-refractivity contribution in [2.45, 2.75) is 45.1 Å². The summed E-state index contributed by atoms with van der Waals surface area (Å²) in [6.45, 7) is 5.74. The summed E-state index contributed by atoms with van der Waals surface area (Å²) in [5, 5.41) is 25.2. The van der Waals surface area contributed by atoms with Gasteiger partial charge in [0.2, 0.25) is 5.82 Å². The summed E-state index contributed by atoms with van der Waals surface area (Å²) in [7, 11) is 1.62. The number of aliphatic carboxylic acids is 1. The number of carboxylic acids is 1. The van der Waals surface area contributed by atoms with Crippen molar-refractivity contribution in [1.82, 2.24) is 9.78 Å². The van der Waals surface area contributed by atoms with E-state index < -0.39 is 16.4 Å². The number of hydrogen-bond acceptors (Lipinski definition) is 5. The number of hydrogen-bond donors (Lipinski definition) is 1. The van der Waals surface area contributed by atoms with Crippen LogP contribution < -0.4 is 4.90 Å². The zero-order chi connectivity index (χ0) is 15.9. The Morgan fingerprint density at radius 2 is 2.14 bits per heavy atom. The Kier molecular flexibility index (Phi) is 3.65. The second-order valence-electron chi connectivity index (χ2n) is 5.93. The zero-order valence-corrected chi connectivity index (χ0v) is 12.7. The molecule has 1 saturated heterocycles. The van der Waals surface area contributed by atoms with Crippen LogP contribution in [0.25, 0.3) is 0 Å². The number of anilines is 1. The van der Waals surface area contributed by atoms with E-state index in [-0.39, 0.29) is 17.4 Å². The molecule has 1 aliphatic heterocycles. The van der Waals surface area contributed by atoms with Crippen LogP contribution in [0.5, 0.6) is 0 Å². The highest BCUT2D eigenvalue weighted by molar-refractivity contribution is 5.85. The van der Waals surface area contributed by atoms with Crippen molar-refractivity contribution < 1.29 is 14.8 Å². The molecule has 2 heterocycles. The van der Waals surface area contributed by atoms with Crippen LogP contribution in [0.4, 0.5) is 11.5 Å². The van der Waals surface area contributed by atoms with E-state index >= 15 is 0 Å². The maximum atomic E-state index is 11.6. The zero-order valence-electron chi connectivity index (χ0n) is 12.7. The number of rotatable bonds is 4. The van der Waals surface area contributed by atoms with Crippen molar-refractivity contribution in [3.05, 3.63) is 15.8 Å². The van der Waals surface area contributed by atoms with Gasteiger partial charge in [-0.15, -0.1) is 0 Å². The van der Waals surface area contributed by atoms with Gasteiger partial charge >= 0.3 is 11.7 Å². The summed E-state index contributed by atoms with van der Waals surface area (Å²) >= 11 is 0. The number of carbonyl (C=O) groups is 1. The first kappa shape index (κ1) is 15.3. The van der Waals surface area contributed by atoms with Crippen molar-refractivity contribution >= 4 is 17.5 Å². The summed E-state index contributed by atoms with van der Waals surface area (Å²) in [4.78, 5) is 24.2. The lowest BCUT2D eigenvalue weighted by atomic mass is 9.99. The van der Waals surface area contributed by atoms with Gasteiger partial charge in [-0.2, -0.15) is 5.10 Å². The Morgan fingerprint density at radius 3 is 2.62 bits per heavy atom. The molecule has 0 amide bonds. The molecule has 2 rings (SSSR count). The maximum Gasteiger partial charge on any atom is 0.334 e. The lowest BCUT2D eigenvalue weighted by Gasteiger charge is -2.32. The number of nitro groups is 1. The number of aryl methyl sites for hydroxylation is 1. The molecule has 1 N–H and O–H groups in total. The predicted molar refractivity (Wildman–Crippen MR) is 76.6 cm³/mol. The molecule has 1 aliphatic rings. The molecule has 0 aromatic carbocycles. The average Bonchev–Trinajstić information content (AvgIpc) is 2.90. The van der Waals surface area contributed by atoms with Crippen molar-refractivity contribution in [1.29, 1.82) is 0 Å². The SMILES string of the molecule is CC(C)c1nn(C)c(N2CCCC2(C)C(=O)O)c1[N+](=O)[O-]. The Balaban J connectivity index is 2.64. The Hall–Kier alpha value is -2.12. The molecular formula is C13H20N4O4. The minimum absolute atomic E-state index is 0.0816. The van der Waals surface area contributed by atoms with Crippen molar-refractivity contribution in [3.63, 3.8) is 0 Å². The van der Waals surface area contributed by atoms with E-state index in [0.717, 1.165) is 0 Å². The lowest BCUT2D eigenvalue weighted by Crippen LogP contribution is -2.49. The Bertz CT molecular complexity index is 595. The van der Waals surface area contributed by atoms with Gasteiger partial charge < -0.3 is 10.0 Å². The van der Waals surface area contributed by atoms with E-state index in [2.05, 4.69) is 5.10 Å². The first-order valence-electron chi connectivity index (χ1n) is 6.92. The molecule has 0 radical (unpaired) electrons. The van der Waals surface area contributed by atoms with Crippen LogP contribution in [-0.2, 0) is 11.8 Å². The molecular weight excluding hydrogens is 276 g/mol. The summed E-state index contributed by atoms with van der Waals surface area (Å²) in [6.07, 6.45) is 1.14. The van der Waals surface area contributed by atoms with E-state index in [1.165, 1.54) is 4.68 Å². The van der Waals surface area contributed by atoms with E-state index in [0.29, 0.717) is 25.1 Å². The second kappa shape index (κ2) is 5.01. The highest BCUT2D eigenvalue weighted by atomic mass is 16.6. The van der Waals surface area contributed by atoms with E-state index in [1.807, 2.05) is 13.8 Å². The second-order valence-corrected chi connectivity index (χ2v) is 5.93. The minimum atomic E-state index is -1.13. The van der Waals surface area contributed by atoms with Crippen molar-refractivity contribution in [3.8, 4) is 0 Å². The molecule has 1 unspecified atom stereocenters. The molecule has 8 nitrogen and oxygen atoms in total. The number of carboxylic acid groups (broad SMARTS) is 1. The monoisotopic (exact) mass is 296 g/mol. The number of nitrogens with zero attached hydrogens (tertiary/aromatic N) is 4. The fourth-order valence-corrected chi connectivity index (χ4v) is 2.92. The van der Waals surface area contributed by atoms with Crippen LogP contribution >= 0.6 is 0 Å². The largest absolute Gasteiger partial charge is 0.480 e. The average molecular weight is 296 g/mol. The molecule has 1 fully saturated rings. The van der Waals surface area contributed by atoms with Crippen LogP contribution in [-0.4, -0.2) is 37.9 Å². The van der Waals surface area contributed by atoms with Crippen LogP contribution in [0.1, 0.15) is 45.2 Å². The van der Waals surface area contributed by atoms with Gasteiger partial charge in [-0.1, -0.05) is 13.8 Å². The van der Waals surface area contributed by atoms with Crippen LogP contribution in [0.15, 0.2) is 0 Å². The first-order valence-corrected chi connectivity index (χ1v) is 6.92. The summed E-state index contributed by atoms with van der Waals surface area (Å²) in [5.41, 5.74) is -0.827. The maximum absolute atomic E-state index is 11.6. The predicted octanol–water partition coefficient (Wildman–Crippen LogP) is 1.90. The fourth-order valence-electron chi connectivity index (χ4n) is 2.92. The van der Waals surface area contributed by atoms with E-state index in [4.69, 9.17) is 0 Å². The lowest BCUT2D eigenvalue weighted by molar-refractivity contribution is -0.385. The molecule has 1 aromatic rings. The summed E-state index contributed by atoms with van der Waals surface area (Å²) < 4.78 is 1.43. The third-order valence-corrected chi connectivity index (χ3v) is 4.11. The normalized spacial score (nSPS) is 22.0. The minimum Gasteiger partial charge on any atom is -0.480 e. The molecule has 0 aliphatic carbocycles. The van der Waals surface area contributed by atoms with Gasteiger partial charge in [0.1, 0.15) is 11.2 Å². The summed E-state index contributed by atoms with van der Waals surface area (Å²) in [5.74, 6) is -0.795. The first-order chi connectivity index (χ1) is 9.70. The summed E-state index contributed by atoms with van der Waals surface area (Å²) in [6, 6.07) is 0. The van der Waals surface area contributed by atoms with E-state index in [9.17, 15) is 20.0 Å². The van der Waals surface area contributed by atoms with Gasteiger partial charge in [-0.3, -0.25) is 10.1 Å². The van der Waals surface area contributed by atoms with Gasteiger partial charge in [0.05, 0.1) is 4.92 Å². The molecule has 1 aromatic heterocycles. The Labute approximate surface area is 122 Å². The molecule has 8 heteroatoms. The third-order valence-electron chi connectivity index (χ3n) is 4.11. The van der Waals surface area contributed by atoms with Gasteiger partial charge in [-0.05, 0) is 19.8 Å². The quantitative estimate of drug-likeness (QED) is 0.672. The molecule has 0 saturated carbocycles. The van der Waals surface area contributed by atoms with Crippen molar-refractivity contribution in [2.24, 2.45) is 7.05 Å². The molecule has 0 bridgehead atoms. The molecule has 0 spiro atoms. The number of aromatic nitrogens is 2. The topological polar surface area (TPSA) is 102 Å². The highest BCUT2D eigenvalue weighted by Crippen LogP contribution is 2.42. The highest BCUT2D eigenvalue weighted by Gasteiger charge is 2.48. The van der Waals surface area contributed by atoms with Crippen molar-refractivity contribution in [2.75, 3.05) is 11.4 Å². The van der Waals surface area contributed by atoms with E-state index in [1.54, 1.807) is 18.9 Å². The van der Waals surface area contributed by atoms with Gasteiger partial charge in [0.25, 0.3) is 0 Å². The molecule has 21 heavy (non-hydrogen) atoms. The fraction of sp³-hybridized carbons (Fsp3) is 0.692. The van der Waals surface area contributed by atoms with Gasteiger partial charge in [0, 0.05) is 19.5 Å². The molecule has 116 valence electrons. The van der Waals surface area contributed by atoms with Gasteiger partial charge in [-0.25, -0.2) is 9.48 Å². The third kappa shape index (κ3) is 2.24. The standard InChI is InChI=1S/C13H20N4O4/c1-8(2)9-10(17(20)21)11(15(4)14-9)16-7-5-6-13(16,3)12(18)19/h8H,5-7H2,1-4H3,(H,18,19). The van der Waals surface area contributed by atoms with Crippen LogP contribution in [0.3, 0.4) is 0 Å². The van der Waals surface area contributed by atoms with Gasteiger partial charge in [0.15, 0.2) is 0 Å². The molecule has 1 atom stereocenters. The van der Waals surface area contributed by atoms with Crippen LogP contribution in [0.2, 0.25) is 0 Å². The Morgan fingerprint density at radius 1 is 1.52 bits per heavy atom. The smallest absolute Gasteiger partial charge is 0.334 e.